The van der Waals surface area contributed by atoms with E-state index in [-0.39, 0.29) is 6.61 Å². The summed E-state index contributed by atoms with van der Waals surface area (Å²) in [5.41, 5.74) is 1.38. The molecule has 0 fully saturated rings. The minimum absolute atomic E-state index is 0.286. The third-order valence-electron chi connectivity index (χ3n) is 3.63. The molecule has 0 heterocycles. The zero-order valence-corrected chi connectivity index (χ0v) is 12.4. The van der Waals surface area contributed by atoms with Crippen molar-refractivity contribution in [1.29, 1.82) is 0 Å². The fourth-order valence-electron chi connectivity index (χ4n) is 2.34. The van der Waals surface area contributed by atoms with Crippen LogP contribution in [0, 0.1) is 5.92 Å². The Hall–Kier alpha value is -0.860. The lowest BCUT2D eigenvalue weighted by Gasteiger charge is -2.21. The molecule has 0 saturated heterocycles. The lowest BCUT2D eigenvalue weighted by atomic mass is 9.99. The summed E-state index contributed by atoms with van der Waals surface area (Å²) in [6.07, 6.45) is 5.92. The van der Waals surface area contributed by atoms with Gasteiger partial charge in [-0.1, -0.05) is 63.4 Å². The Bertz CT molecular complexity index is 312. The van der Waals surface area contributed by atoms with Crippen LogP contribution in [0.25, 0.3) is 0 Å². The summed E-state index contributed by atoms with van der Waals surface area (Å²) in [7, 11) is 0. The average molecular weight is 263 g/mol. The Morgan fingerprint density at radius 1 is 1.11 bits per heavy atom. The topological polar surface area (TPSA) is 32.3 Å². The molecule has 1 aromatic carbocycles. The van der Waals surface area contributed by atoms with Gasteiger partial charge in [-0.05, 0) is 30.9 Å². The number of aliphatic hydroxyl groups excluding tert-OH is 1. The first-order valence-electron chi connectivity index (χ1n) is 7.67. The summed E-state index contributed by atoms with van der Waals surface area (Å²) < 4.78 is 0. The summed E-state index contributed by atoms with van der Waals surface area (Å²) in [6, 6.07) is 11.2. The second kappa shape index (κ2) is 9.99. The van der Waals surface area contributed by atoms with Gasteiger partial charge in [0.2, 0.25) is 0 Å². The first-order valence-corrected chi connectivity index (χ1v) is 7.67. The lowest BCUT2D eigenvalue weighted by molar-refractivity contribution is 0.257. The quantitative estimate of drug-likeness (QED) is 0.627. The van der Waals surface area contributed by atoms with Gasteiger partial charge in [-0.25, -0.2) is 0 Å². The summed E-state index contributed by atoms with van der Waals surface area (Å²) in [4.78, 5) is 0. The minimum atomic E-state index is 0.286. The van der Waals surface area contributed by atoms with Crippen LogP contribution in [0.15, 0.2) is 30.3 Å². The molecule has 108 valence electrons. The first-order chi connectivity index (χ1) is 9.27. The van der Waals surface area contributed by atoms with Gasteiger partial charge in [0.1, 0.15) is 0 Å². The van der Waals surface area contributed by atoms with Crippen LogP contribution in [0.5, 0.6) is 0 Å². The van der Waals surface area contributed by atoms with Crippen molar-refractivity contribution in [2.24, 2.45) is 5.92 Å². The van der Waals surface area contributed by atoms with Gasteiger partial charge in [0.25, 0.3) is 0 Å². The van der Waals surface area contributed by atoms with E-state index in [4.69, 9.17) is 5.11 Å². The van der Waals surface area contributed by atoms with Gasteiger partial charge in [0, 0.05) is 12.6 Å². The highest BCUT2D eigenvalue weighted by Crippen LogP contribution is 2.20. The monoisotopic (exact) mass is 263 g/mol. The highest BCUT2D eigenvalue weighted by Gasteiger charge is 2.11. The van der Waals surface area contributed by atoms with Crippen LogP contribution in [0.4, 0.5) is 0 Å². The fraction of sp³-hybridized carbons (Fsp3) is 0.647. The van der Waals surface area contributed by atoms with Gasteiger partial charge >= 0.3 is 0 Å². The van der Waals surface area contributed by atoms with Gasteiger partial charge in [-0.2, -0.15) is 0 Å². The second-order valence-corrected chi connectivity index (χ2v) is 5.48. The molecular weight excluding hydrogens is 234 g/mol. The molecule has 2 nitrogen and oxygen atoms in total. The van der Waals surface area contributed by atoms with Crippen LogP contribution in [0.1, 0.15) is 57.6 Å². The van der Waals surface area contributed by atoms with Crippen molar-refractivity contribution in [1.82, 2.24) is 5.32 Å². The Balaban J connectivity index is 2.49. The van der Waals surface area contributed by atoms with E-state index in [9.17, 15) is 0 Å². The standard InChI is InChI=1S/C17H29NO/c1-3-4-6-11-17(16-9-7-5-8-10-16)18-14-15(2)12-13-19/h5,7-10,15,17-19H,3-4,6,11-14H2,1-2H3. The number of unbranched alkanes of at least 4 members (excludes halogenated alkanes) is 2. The number of hydrogen-bond acceptors (Lipinski definition) is 2. The third kappa shape index (κ3) is 6.74. The van der Waals surface area contributed by atoms with E-state index in [2.05, 4.69) is 49.5 Å². The lowest BCUT2D eigenvalue weighted by Crippen LogP contribution is -2.27. The molecule has 0 aromatic heterocycles. The Morgan fingerprint density at radius 2 is 1.84 bits per heavy atom. The van der Waals surface area contributed by atoms with Crippen molar-refractivity contribution < 1.29 is 5.11 Å². The minimum Gasteiger partial charge on any atom is -0.396 e. The van der Waals surface area contributed by atoms with Gasteiger partial charge in [-0.15, -0.1) is 0 Å². The van der Waals surface area contributed by atoms with E-state index in [1.54, 1.807) is 0 Å². The smallest absolute Gasteiger partial charge is 0.0434 e. The highest BCUT2D eigenvalue weighted by molar-refractivity contribution is 5.18. The molecule has 1 aromatic rings. The predicted molar refractivity (Wildman–Crippen MR) is 82.2 cm³/mol. The predicted octanol–water partition coefficient (Wildman–Crippen LogP) is 3.92. The maximum atomic E-state index is 8.96. The van der Waals surface area contributed by atoms with Crippen LogP contribution in [-0.4, -0.2) is 18.3 Å². The zero-order valence-electron chi connectivity index (χ0n) is 12.4. The fourth-order valence-corrected chi connectivity index (χ4v) is 2.34. The van der Waals surface area contributed by atoms with Crippen molar-refractivity contribution >= 4 is 0 Å². The maximum absolute atomic E-state index is 8.96. The van der Waals surface area contributed by atoms with E-state index in [1.807, 2.05) is 0 Å². The Morgan fingerprint density at radius 3 is 2.47 bits per heavy atom. The van der Waals surface area contributed by atoms with E-state index in [0.717, 1.165) is 13.0 Å². The molecule has 0 saturated carbocycles. The molecule has 19 heavy (non-hydrogen) atoms. The van der Waals surface area contributed by atoms with Gasteiger partial charge in [0.05, 0.1) is 0 Å². The molecule has 2 atom stereocenters. The van der Waals surface area contributed by atoms with Crippen molar-refractivity contribution in [2.75, 3.05) is 13.2 Å². The normalized spacial score (nSPS) is 14.3. The van der Waals surface area contributed by atoms with Crippen molar-refractivity contribution in [3.63, 3.8) is 0 Å². The largest absolute Gasteiger partial charge is 0.396 e. The Labute approximate surface area is 118 Å². The zero-order chi connectivity index (χ0) is 13.9. The maximum Gasteiger partial charge on any atom is 0.0434 e. The molecular formula is C17H29NO. The first kappa shape index (κ1) is 16.2. The van der Waals surface area contributed by atoms with Gasteiger partial charge < -0.3 is 10.4 Å². The molecule has 0 radical (unpaired) electrons. The molecule has 0 aliphatic heterocycles. The van der Waals surface area contributed by atoms with Crippen LogP contribution in [-0.2, 0) is 0 Å². The van der Waals surface area contributed by atoms with Crippen molar-refractivity contribution in [3.05, 3.63) is 35.9 Å². The Kier molecular flexibility index (Phi) is 8.52. The van der Waals surface area contributed by atoms with Crippen LogP contribution < -0.4 is 5.32 Å². The third-order valence-corrected chi connectivity index (χ3v) is 3.63. The molecule has 2 N–H and O–H groups in total. The highest BCUT2D eigenvalue weighted by atomic mass is 16.3. The van der Waals surface area contributed by atoms with Crippen LogP contribution >= 0.6 is 0 Å². The van der Waals surface area contributed by atoms with E-state index in [1.165, 1.54) is 31.2 Å². The van der Waals surface area contributed by atoms with Gasteiger partial charge in [0.15, 0.2) is 0 Å². The van der Waals surface area contributed by atoms with E-state index >= 15 is 0 Å². The molecule has 0 bridgehead atoms. The molecule has 0 aliphatic carbocycles. The molecule has 2 unspecified atom stereocenters. The van der Waals surface area contributed by atoms with E-state index < -0.39 is 0 Å². The molecule has 0 amide bonds. The summed E-state index contributed by atoms with van der Waals surface area (Å²) in [5, 5.41) is 12.6. The van der Waals surface area contributed by atoms with Crippen LogP contribution in [0.3, 0.4) is 0 Å². The van der Waals surface area contributed by atoms with Crippen molar-refractivity contribution in [2.45, 2.75) is 52.0 Å². The SMILES string of the molecule is CCCCCC(NCC(C)CCO)c1ccccc1. The number of benzene rings is 1. The molecule has 0 aliphatic rings. The number of nitrogens with one attached hydrogen (secondary N) is 1. The molecule has 0 spiro atoms. The van der Waals surface area contributed by atoms with E-state index in [0.29, 0.717) is 12.0 Å². The van der Waals surface area contributed by atoms with Crippen LogP contribution in [0.2, 0.25) is 0 Å². The summed E-state index contributed by atoms with van der Waals surface area (Å²) >= 11 is 0. The van der Waals surface area contributed by atoms with Gasteiger partial charge in [-0.3, -0.25) is 0 Å². The second-order valence-electron chi connectivity index (χ2n) is 5.48. The number of rotatable bonds is 10. The summed E-state index contributed by atoms with van der Waals surface area (Å²) in [6.45, 7) is 5.70. The molecule has 2 heteroatoms. The number of hydrogen-bond donors (Lipinski definition) is 2. The summed E-state index contributed by atoms with van der Waals surface area (Å²) in [5.74, 6) is 0.530. The van der Waals surface area contributed by atoms with Crippen molar-refractivity contribution in [3.8, 4) is 0 Å². The number of aliphatic hydroxyl groups is 1. The average Bonchev–Trinajstić information content (AvgIpc) is 2.44. The molecule has 1 rings (SSSR count).